The molecule has 0 radical (unpaired) electrons. The van der Waals surface area contributed by atoms with Crippen LogP contribution in [0, 0.1) is 13.8 Å². The van der Waals surface area contributed by atoms with Gasteiger partial charge in [-0.25, -0.2) is 0 Å². The summed E-state index contributed by atoms with van der Waals surface area (Å²) in [5, 5.41) is 0. The summed E-state index contributed by atoms with van der Waals surface area (Å²) < 4.78 is 0. The summed E-state index contributed by atoms with van der Waals surface area (Å²) in [6.45, 7) is 18.4. The van der Waals surface area contributed by atoms with Gasteiger partial charge in [0.25, 0.3) is 0 Å². The quantitative estimate of drug-likeness (QED) is 0.408. The standard InChI is InChI=1S/C23H30.Zr/c1-14-9-16-11-17-10-15(2)21(23(6,7)8)13-19(17)18(16)12-20(14)22(3,4)5;/h9-10,12-13H,11H2,1-8H3;. The SMILES string of the molecule is Cc1cc2c(cc1C(C)(C)C)-c1cc(C(C)(C)C)c(C)cc1C2.[Zr]. The van der Waals surface area contributed by atoms with Gasteiger partial charge >= 0.3 is 0 Å². The first kappa shape index (κ1) is 19.6. The maximum atomic E-state index is 2.46. The molecule has 0 fully saturated rings. The van der Waals surface area contributed by atoms with Crippen molar-refractivity contribution < 1.29 is 26.2 Å². The zero-order valence-electron chi connectivity index (χ0n) is 16.5. The molecule has 3 rings (SSSR count). The molecule has 24 heavy (non-hydrogen) atoms. The smallest absolute Gasteiger partial charge is 0 e. The van der Waals surface area contributed by atoms with Crippen molar-refractivity contribution in [2.45, 2.75) is 72.6 Å². The van der Waals surface area contributed by atoms with Crippen LogP contribution in [-0.4, -0.2) is 0 Å². The maximum Gasteiger partial charge on any atom is 0 e. The topological polar surface area (TPSA) is 0 Å². The second-order valence-electron chi connectivity index (χ2n) is 9.33. The Bertz CT molecular complexity index is 716. The van der Waals surface area contributed by atoms with Crippen molar-refractivity contribution in [1.29, 1.82) is 0 Å². The van der Waals surface area contributed by atoms with Crippen LogP contribution < -0.4 is 0 Å². The number of aryl methyl sites for hydroxylation is 2. The predicted molar refractivity (Wildman–Crippen MR) is 102 cm³/mol. The van der Waals surface area contributed by atoms with Crippen LogP contribution in [0.5, 0.6) is 0 Å². The van der Waals surface area contributed by atoms with E-state index in [0.29, 0.717) is 0 Å². The van der Waals surface area contributed by atoms with Crippen LogP contribution in [0.4, 0.5) is 0 Å². The van der Waals surface area contributed by atoms with Gasteiger partial charge in [-0.2, -0.15) is 0 Å². The minimum atomic E-state index is 0. The van der Waals surface area contributed by atoms with Gasteiger partial charge in [0.05, 0.1) is 0 Å². The summed E-state index contributed by atoms with van der Waals surface area (Å²) in [6.07, 6.45) is 1.08. The van der Waals surface area contributed by atoms with Crippen LogP contribution in [0.2, 0.25) is 0 Å². The zero-order valence-corrected chi connectivity index (χ0v) is 19.0. The molecule has 0 saturated heterocycles. The Labute approximate surface area is 167 Å². The van der Waals surface area contributed by atoms with Crippen molar-refractivity contribution in [3.8, 4) is 11.1 Å². The Morgan fingerprint density at radius 2 is 0.958 bits per heavy atom. The van der Waals surface area contributed by atoms with E-state index in [9.17, 15) is 0 Å². The Morgan fingerprint density at radius 3 is 1.25 bits per heavy atom. The van der Waals surface area contributed by atoms with Crippen LogP contribution in [0.15, 0.2) is 24.3 Å². The normalized spacial score (nSPS) is 13.3. The number of fused-ring (bicyclic) bond motifs is 3. The molecule has 0 spiro atoms. The molecule has 1 heteroatoms. The second kappa shape index (κ2) is 6.24. The van der Waals surface area contributed by atoms with Gasteiger partial charge in [-0.05, 0) is 75.6 Å². The molecule has 0 aromatic heterocycles. The van der Waals surface area contributed by atoms with E-state index in [2.05, 4.69) is 79.7 Å². The molecule has 0 amide bonds. The van der Waals surface area contributed by atoms with E-state index in [1.54, 1.807) is 0 Å². The molecular formula is C23H30Zr. The summed E-state index contributed by atoms with van der Waals surface area (Å²) >= 11 is 0. The molecule has 0 atom stereocenters. The van der Waals surface area contributed by atoms with Gasteiger partial charge in [-0.3, -0.25) is 0 Å². The number of benzene rings is 2. The fraction of sp³-hybridized carbons (Fsp3) is 0.478. The van der Waals surface area contributed by atoms with Gasteiger partial charge in [0.15, 0.2) is 0 Å². The summed E-state index contributed by atoms with van der Waals surface area (Å²) in [5.74, 6) is 0. The molecule has 0 bridgehead atoms. The molecule has 1 aliphatic rings. The van der Waals surface area contributed by atoms with Gasteiger partial charge < -0.3 is 0 Å². The van der Waals surface area contributed by atoms with E-state index in [0.717, 1.165) is 6.42 Å². The summed E-state index contributed by atoms with van der Waals surface area (Å²) in [6, 6.07) is 9.75. The molecule has 126 valence electrons. The van der Waals surface area contributed by atoms with E-state index in [4.69, 9.17) is 0 Å². The number of hydrogen-bond donors (Lipinski definition) is 0. The van der Waals surface area contributed by atoms with Gasteiger partial charge in [0, 0.05) is 26.2 Å². The molecule has 2 aromatic rings. The van der Waals surface area contributed by atoms with Crippen LogP contribution in [0.25, 0.3) is 11.1 Å². The van der Waals surface area contributed by atoms with Crippen LogP contribution in [0.3, 0.4) is 0 Å². The number of rotatable bonds is 0. The van der Waals surface area contributed by atoms with Crippen molar-refractivity contribution >= 4 is 0 Å². The van der Waals surface area contributed by atoms with Gasteiger partial charge in [-0.15, -0.1) is 0 Å². The van der Waals surface area contributed by atoms with E-state index >= 15 is 0 Å². The van der Waals surface area contributed by atoms with Crippen molar-refractivity contribution in [3.05, 3.63) is 57.6 Å². The second-order valence-corrected chi connectivity index (χ2v) is 9.33. The molecule has 2 aromatic carbocycles. The minimum absolute atomic E-state index is 0. The minimum Gasteiger partial charge on any atom is -0.0561 e. The maximum absolute atomic E-state index is 2.46. The van der Waals surface area contributed by atoms with Gasteiger partial charge in [0.2, 0.25) is 0 Å². The fourth-order valence-corrected chi connectivity index (χ4v) is 4.15. The predicted octanol–water partition coefficient (Wildman–Crippen LogP) is 6.47. The first-order valence-corrected chi connectivity index (χ1v) is 8.77. The van der Waals surface area contributed by atoms with Crippen LogP contribution >= 0.6 is 0 Å². The third-order valence-corrected chi connectivity index (χ3v) is 5.19. The molecule has 0 N–H and O–H groups in total. The monoisotopic (exact) mass is 396 g/mol. The molecule has 0 aliphatic heterocycles. The van der Waals surface area contributed by atoms with Crippen molar-refractivity contribution in [2.75, 3.05) is 0 Å². The first-order valence-electron chi connectivity index (χ1n) is 8.77. The average Bonchev–Trinajstić information content (AvgIpc) is 2.70. The molecule has 0 nitrogen and oxygen atoms in total. The van der Waals surface area contributed by atoms with Gasteiger partial charge in [0.1, 0.15) is 0 Å². The third-order valence-electron chi connectivity index (χ3n) is 5.19. The first-order chi connectivity index (χ1) is 10.5. The Kier molecular flexibility index (Phi) is 5.11. The molecule has 0 saturated carbocycles. The Hall–Kier alpha value is -0.677. The Balaban J connectivity index is 0.00000208. The summed E-state index contributed by atoms with van der Waals surface area (Å²) in [7, 11) is 0. The molecular weight excluding hydrogens is 367 g/mol. The van der Waals surface area contributed by atoms with E-state index in [1.807, 2.05) is 0 Å². The van der Waals surface area contributed by atoms with Gasteiger partial charge in [-0.1, -0.05) is 65.8 Å². The van der Waals surface area contributed by atoms with Crippen molar-refractivity contribution in [1.82, 2.24) is 0 Å². The number of hydrogen-bond acceptors (Lipinski definition) is 0. The summed E-state index contributed by atoms with van der Waals surface area (Å²) in [5.41, 5.74) is 12.1. The van der Waals surface area contributed by atoms with E-state index in [1.165, 1.54) is 44.5 Å². The summed E-state index contributed by atoms with van der Waals surface area (Å²) in [4.78, 5) is 0. The van der Waals surface area contributed by atoms with E-state index in [-0.39, 0.29) is 37.0 Å². The van der Waals surface area contributed by atoms with Crippen molar-refractivity contribution in [2.24, 2.45) is 0 Å². The largest absolute Gasteiger partial charge is 0.0561 e. The average molecular weight is 398 g/mol. The molecule has 1 aliphatic carbocycles. The zero-order chi connectivity index (χ0) is 17.2. The Morgan fingerprint density at radius 1 is 0.625 bits per heavy atom. The third kappa shape index (κ3) is 3.34. The van der Waals surface area contributed by atoms with Crippen LogP contribution in [0.1, 0.15) is 74.9 Å². The fourth-order valence-electron chi connectivity index (χ4n) is 4.15. The van der Waals surface area contributed by atoms with E-state index < -0.39 is 0 Å². The van der Waals surface area contributed by atoms with Crippen molar-refractivity contribution in [3.63, 3.8) is 0 Å². The molecule has 0 unspecified atom stereocenters. The molecule has 0 heterocycles. The van der Waals surface area contributed by atoms with Crippen LogP contribution in [-0.2, 0) is 43.5 Å².